The maximum absolute atomic E-state index is 13.2. The van der Waals surface area contributed by atoms with E-state index in [1.165, 1.54) is 6.07 Å². The maximum Gasteiger partial charge on any atom is 0.228 e. The highest BCUT2D eigenvalue weighted by Gasteiger charge is 2.48. The summed E-state index contributed by atoms with van der Waals surface area (Å²) in [6.07, 6.45) is 1.23. The van der Waals surface area contributed by atoms with Gasteiger partial charge in [0.1, 0.15) is 0 Å². The molecule has 1 fully saturated rings. The molecule has 0 aromatic heterocycles. The van der Waals surface area contributed by atoms with Gasteiger partial charge in [-0.15, -0.1) is 0 Å². The summed E-state index contributed by atoms with van der Waals surface area (Å²) in [6.45, 7) is 2.00. The average molecular weight is 344 g/mol. The lowest BCUT2D eigenvalue weighted by molar-refractivity contribution is -0.122. The van der Waals surface area contributed by atoms with E-state index >= 15 is 0 Å². The zero-order chi connectivity index (χ0) is 18.0. The van der Waals surface area contributed by atoms with Crippen molar-refractivity contribution in [3.8, 4) is 0 Å². The van der Waals surface area contributed by atoms with Crippen LogP contribution in [0.25, 0.3) is 0 Å². The predicted octanol–water partition coefficient (Wildman–Crippen LogP) is 3.74. The molecule has 2 unspecified atom stereocenters. The molecule has 0 bridgehead atoms. The normalized spacial score (nSPS) is 18.5. The van der Waals surface area contributed by atoms with E-state index in [0.29, 0.717) is 6.42 Å². The molecule has 0 heterocycles. The fraction of sp³-hybridized carbons (Fsp3) is 0.263. The van der Waals surface area contributed by atoms with Gasteiger partial charge in [0.2, 0.25) is 11.8 Å². The van der Waals surface area contributed by atoms with Gasteiger partial charge >= 0.3 is 0 Å². The highest BCUT2D eigenvalue weighted by molar-refractivity contribution is 6.03. The summed E-state index contributed by atoms with van der Waals surface area (Å²) >= 11 is 0. The topological polar surface area (TPSA) is 58.2 Å². The van der Waals surface area contributed by atoms with Gasteiger partial charge in [0.05, 0.1) is 11.8 Å². The zero-order valence-corrected chi connectivity index (χ0v) is 13.7. The van der Waals surface area contributed by atoms with Gasteiger partial charge in [-0.1, -0.05) is 25.1 Å². The number of carbonyl (C=O) groups excluding carboxylic acids is 2. The van der Waals surface area contributed by atoms with Gasteiger partial charge < -0.3 is 10.6 Å². The van der Waals surface area contributed by atoms with E-state index in [9.17, 15) is 18.4 Å². The molecule has 2 aromatic rings. The molecule has 2 aromatic carbocycles. The van der Waals surface area contributed by atoms with Crippen LogP contribution >= 0.6 is 0 Å². The Morgan fingerprint density at radius 3 is 2.36 bits per heavy atom. The molecule has 25 heavy (non-hydrogen) atoms. The molecule has 130 valence electrons. The molecule has 6 heteroatoms. The van der Waals surface area contributed by atoms with Crippen LogP contribution < -0.4 is 10.6 Å². The Bertz CT molecular complexity index is 823. The van der Waals surface area contributed by atoms with Crippen LogP contribution in [0.4, 0.5) is 20.2 Å². The lowest BCUT2D eigenvalue weighted by Crippen LogP contribution is -2.21. The Labute approximate surface area is 144 Å². The van der Waals surface area contributed by atoms with Crippen molar-refractivity contribution in [2.45, 2.75) is 19.8 Å². The standard InChI is InChI=1S/C19H18F2N2O2/c1-2-11-5-3-4-6-17(11)23-19(25)14-10-13(14)18(24)22-12-7-8-15(20)16(21)9-12/h3-9,13-14H,2,10H2,1H3,(H,22,24)(H,23,25). The zero-order valence-electron chi connectivity index (χ0n) is 13.7. The second-order valence-electron chi connectivity index (χ2n) is 6.07. The minimum absolute atomic E-state index is 0.172. The Morgan fingerprint density at radius 2 is 1.68 bits per heavy atom. The second kappa shape index (κ2) is 7.01. The van der Waals surface area contributed by atoms with E-state index in [4.69, 9.17) is 0 Å². The lowest BCUT2D eigenvalue weighted by Gasteiger charge is -2.09. The number of para-hydroxylation sites is 1. The molecule has 0 spiro atoms. The SMILES string of the molecule is CCc1ccccc1NC(=O)C1CC1C(=O)Nc1ccc(F)c(F)c1. The number of nitrogens with one attached hydrogen (secondary N) is 2. The predicted molar refractivity (Wildman–Crippen MR) is 91.0 cm³/mol. The van der Waals surface area contributed by atoms with Gasteiger partial charge in [0.15, 0.2) is 11.6 Å². The molecule has 4 nitrogen and oxygen atoms in total. The van der Waals surface area contributed by atoms with Gasteiger partial charge in [-0.2, -0.15) is 0 Å². The van der Waals surface area contributed by atoms with Crippen molar-refractivity contribution < 1.29 is 18.4 Å². The van der Waals surface area contributed by atoms with E-state index in [1.54, 1.807) is 0 Å². The van der Waals surface area contributed by atoms with Gasteiger partial charge in [-0.05, 0) is 36.6 Å². The third kappa shape index (κ3) is 3.84. The number of halogens is 2. The summed E-state index contributed by atoms with van der Waals surface area (Å²) in [4.78, 5) is 24.5. The molecule has 2 amide bonds. The van der Waals surface area contributed by atoms with E-state index in [2.05, 4.69) is 10.6 Å². The molecule has 0 radical (unpaired) electrons. The van der Waals surface area contributed by atoms with Crippen LogP contribution in [-0.4, -0.2) is 11.8 Å². The Balaban J connectivity index is 1.58. The Kier molecular flexibility index (Phi) is 4.79. The summed E-state index contributed by atoms with van der Waals surface area (Å²) in [5.41, 5.74) is 1.95. The summed E-state index contributed by atoms with van der Waals surface area (Å²) in [5.74, 6) is -3.44. The number of rotatable bonds is 5. The monoisotopic (exact) mass is 344 g/mol. The van der Waals surface area contributed by atoms with Crippen LogP contribution in [0.15, 0.2) is 42.5 Å². The van der Waals surface area contributed by atoms with Gasteiger partial charge in [0, 0.05) is 17.4 Å². The van der Waals surface area contributed by atoms with Crippen molar-refractivity contribution in [3.05, 3.63) is 59.7 Å². The number of carbonyl (C=O) groups is 2. The molecule has 2 N–H and O–H groups in total. The molecular weight excluding hydrogens is 326 g/mol. The summed E-state index contributed by atoms with van der Waals surface area (Å²) in [6, 6.07) is 10.7. The van der Waals surface area contributed by atoms with Crippen molar-refractivity contribution in [1.82, 2.24) is 0 Å². The maximum atomic E-state index is 13.2. The quantitative estimate of drug-likeness (QED) is 0.868. The molecule has 1 aliphatic carbocycles. The highest BCUT2D eigenvalue weighted by Crippen LogP contribution is 2.40. The van der Waals surface area contributed by atoms with Crippen LogP contribution in [-0.2, 0) is 16.0 Å². The van der Waals surface area contributed by atoms with Crippen LogP contribution in [0.3, 0.4) is 0 Å². The first-order valence-electron chi connectivity index (χ1n) is 8.14. The molecule has 1 aliphatic rings. The third-order valence-corrected chi connectivity index (χ3v) is 4.31. The van der Waals surface area contributed by atoms with Gasteiger partial charge in [-0.25, -0.2) is 8.78 Å². The van der Waals surface area contributed by atoms with Crippen LogP contribution in [0.1, 0.15) is 18.9 Å². The number of aryl methyl sites for hydroxylation is 1. The minimum atomic E-state index is -1.03. The molecule has 1 saturated carbocycles. The van der Waals surface area contributed by atoms with E-state index in [-0.39, 0.29) is 17.5 Å². The van der Waals surface area contributed by atoms with Crippen molar-refractivity contribution >= 4 is 23.2 Å². The smallest absolute Gasteiger partial charge is 0.228 e. The van der Waals surface area contributed by atoms with Crippen molar-refractivity contribution in [2.75, 3.05) is 10.6 Å². The molecule has 3 rings (SSSR count). The number of hydrogen-bond acceptors (Lipinski definition) is 2. The van der Waals surface area contributed by atoms with Crippen molar-refractivity contribution in [2.24, 2.45) is 11.8 Å². The number of benzene rings is 2. The van der Waals surface area contributed by atoms with Crippen molar-refractivity contribution in [3.63, 3.8) is 0 Å². The number of anilines is 2. The average Bonchev–Trinajstić information content (AvgIpc) is 3.39. The first-order valence-corrected chi connectivity index (χ1v) is 8.14. The highest BCUT2D eigenvalue weighted by atomic mass is 19.2. The first kappa shape index (κ1) is 17.1. The molecule has 2 atom stereocenters. The largest absolute Gasteiger partial charge is 0.326 e. The second-order valence-corrected chi connectivity index (χ2v) is 6.07. The fourth-order valence-corrected chi connectivity index (χ4v) is 2.76. The minimum Gasteiger partial charge on any atom is -0.326 e. The molecular formula is C19H18F2N2O2. The van der Waals surface area contributed by atoms with Crippen LogP contribution in [0.2, 0.25) is 0 Å². The first-order chi connectivity index (χ1) is 12.0. The van der Waals surface area contributed by atoms with Gasteiger partial charge in [0.25, 0.3) is 0 Å². The molecule has 0 aliphatic heterocycles. The van der Waals surface area contributed by atoms with E-state index in [1.807, 2.05) is 31.2 Å². The Hall–Kier alpha value is -2.76. The van der Waals surface area contributed by atoms with Gasteiger partial charge in [-0.3, -0.25) is 9.59 Å². The van der Waals surface area contributed by atoms with E-state index < -0.39 is 23.5 Å². The van der Waals surface area contributed by atoms with Crippen molar-refractivity contribution in [1.29, 1.82) is 0 Å². The van der Waals surface area contributed by atoms with E-state index in [0.717, 1.165) is 29.8 Å². The summed E-state index contributed by atoms with van der Waals surface area (Å²) < 4.78 is 26.1. The number of hydrogen-bond donors (Lipinski definition) is 2. The summed E-state index contributed by atoms with van der Waals surface area (Å²) in [7, 11) is 0. The van der Waals surface area contributed by atoms with Crippen LogP contribution in [0.5, 0.6) is 0 Å². The third-order valence-electron chi connectivity index (χ3n) is 4.31. The molecule has 0 saturated heterocycles. The fourth-order valence-electron chi connectivity index (χ4n) is 2.76. The Morgan fingerprint density at radius 1 is 1.00 bits per heavy atom. The lowest BCUT2D eigenvalue weighted by atomic mass is 10.1. The summed E-state index contributed by atoms with van der Waals surface area (Å²) in [5, 5.41) is 5.38. The number of amides is 2. The van der Waals surface area contributed by atoms with Crippen LogP contribution in [0, 0.1) is 23.5 Å².